The minimum Gasteiger partial charge on any atom is -0.438 e. The Morgan fingerprint density at radius 2 is 1.79 bits per heavy atom. The van der Waals surface area contributed by atoms with Gasteiger partial charge < -0.3 is 18.9 Å². The Morgan fingerprint density at radius 1 is 1.16 bits per heavy atom. The first kappa shape index (κ1) is 15.7. The Bertz CT molecular complexity index is 290. The largest absolute Gasteiger partial charge is 0.438 e. The van der Waals surface area contributed by atoms with Crippen molar-refractivity contribution in [3.8, 4) is 0 Å². The zero-order valence-corrected chi connectivity index (χ0v) is 11.1. The molecule has 0 bridgehead atoms. The molecule has 0 aromatic carbocycles. The van der Waals surface area contributed by atoms with Gasteiger partial charge in [-0.15, -0.1) is 0 Å². The van der Waals surface area contributed by atoms with Crippen LogP contribution in [0.2, 0.25) is 0 Å². The molecule has 0 radical (unpaired) electrons. The van der Waals surface area contributed by atoms with E-state index in [0.29, 0.717) is 13.1 Å². The molecule has 0 aliphatic carbocycles. The monoisotopic (exact) mass is 272 g/mol. The summed E-state index contributed by atoms with van der Waals surface area (Å²) in [7, 11) is 0. The van der Waals surface area contributed by atoms with Crippen LogP contribution in [0.3, 0.4) is 0 Å². The summed E-state index contributed by atoms with van der Waals surface area (Å²) in [4.78, 5) is 20.5. The van der Waals surface area contributed by atoms with Crippen molar-refractivity contribution in [3.05, 3.63) is 12.2 Å². The maximum Gasteiger partial charge on any atom is 0.332 e. The molecule has 0 amide bonds. The quantitative estimate of drug-likeness (QED) is 0.439. The highest BCUT2D eigenvalue weighted by atomic mass is 16.7. The predicted molar refractivity (Wildman–Crippen MR) is 66.0 cm³/mol. The highest BCUT2D eigenvalue weighted by Gasteiger charge is 2.18. The van der Waals surface area contributed by atoms with Crippen LogP contribution in [0.1, 0.15) is 32.6 Å². The van der Waals surface area contributed by atoms with Gasteiger partial charge in [0, 0.05) is 18.9 Å². The molecule has 2 aliphatic heterocycles. The maximum absolute atomic E-state index is 10.8. The van der Waals surface area contributed by atoms with Gasteiger partial charge in [0.2, 0.25) is 12.6 Å². The molecule has 2 aliphatic rings. The Hall–Kier alpha value is -1.40. The number of allylic oxidation sites excluding steroid dienone is 1. The van der Waals surface area contributed by atoms with Crippen molar-refractivity contribution >= 4 is 12.4 Å². The first-order chi connectivity index (χ1) is 9.26. The fourth-order valence-corrected chi connectivity index (χ4v) is 1.66. The summed E-state index contributed by atoms with van der Waals surface area (Å²) < 4.78 is 19.4. The van der Waals surface area contributed by atoms with Gasteiger partial charge in [-0.1, -0.05) is 6.08 Å². The molecule has 2 fully saturated rings. The smallest absolute Gasteiger partial charge is 0.332 e. The topological polar surface area (TPSA) is 71.1 Å². The van der Waals surface area contributed by atoms with E-state index in [9.17, 15) is 9.59 Å². The molecule has 0 aromatic heterocycles. The summed E-state index contributed by atoms with van der Waals surface area (Å²) in [6.07, 6.45) is 6.12. The SMILES string of the molecule is C/C=C/C(=O)OC1CCCO1.O=COC1CCCO1. The van der Waals surface area contributed by atoms with E-state index in [2.05, 4.69) is 4.74 Å². The number of esters is 1. The van der Waals surface area contributed by atoms with Crippen LogP contribution in [0.5, 0.6) is 0 Å². The average molecular weight is 272 g/mol. The average Bonchev–Trinajstić information content (AvgIpc) is 3.04. The van der Waals surface area contributed by atoms with Gasteiger partial charge >= 0.3 is 5.97 Å². The molecule has 6 heteroatoms. The van der Waals surface area contributed by atoms with Crippen molar-refractivity contribution in [2.24, 2.45) is 0 Å². The van der Waals surface area contributed by atoms with Gasteiger partial charge in [-0.3, -0.25) is 4.79 Å². The van der Waals surface area contributed by atoms with Crippen molar-refractivity contribution in [1.29, 1.82) is 0 Å². The normalized spacial score (nSPS) is 25.7. The minimum absolute atomic E-state index is 0.257. The van der Waals surface area contributed by atoms with E-state index >= 15 is 0 Å². The van der Waals surface area contributed by atoms with E-state index in [0.717, 1.165) is 32.3 Å². The standard InChI is InChI=1S/C8H12O3.C5H8O3/c1-2-4-7(9)11-8-5-3-6-10-8;6-4-8-5-2-1-3-7-5/h2,4,8H,3,5-6H2,1H3;4-5H,1-3H2/b4-2+;. The van der Waals surface area contributed by atoms with Crippen LogP contribution in [0.25, 0.3) is 0 Å². The Kier molecular flexibility index (Phi) is 7.84. The zero-order chi connectivity index (χ0) is 13.9. The van der Waals surface area contributed by atoms with Gasteiger partial charge in [0.25, 0.3) is 6.47 Å². The third-order valence-electron chi connectivity index (χ3n) is 2.53. The summed E-state index contributed by atoms with van der Waals surface area (Å²) in [6, 6.07) is 0. The van der Waals surface area contributed by atoms with Crippen molar-refractivity contribution < 1.29 is 28.5 Å². The molecule has 0 spiro atoms. The van der Waals surface area contributed by atoms with E-state index in [1.807, 2.05) is 0 Å². The first-order valence-electron chi connectivity index (χ1n) is 6.42. The highest BCUT2D eigenvalue weighted by Crippen LogP contribution is 2.13. The number of ether oxygens (including phenoxy) is 4. The lowest BCUT2D eigenvalue weighted by atomic mass is 10.4. The molecule has 0 aromatic rings. The Morgan fingerprint density at radius 3 is 2.26 bits per heavy atom. The molecule has 2 unspecified atom stereocenters. The van der Waals surface area contributed by atoms with Crippen molar-refractivity contribution in [2.45, 2.75) is 45.2 Å². The van der Waals surface area contributed by atoms with Gasteiger partial charge in [0.05, 0.1) is 13.2 Å². The summed E-state index contributed by atoms with van der Waals surface area (Å²) in [6.45, 7) is 3.62. The number of rotatable bonds is 4. The fraction of sp³-hybridized carbons (Fsp3) is 0.692. The van der Waals surface area contributed by atoms with E-state index in [-0.39, 0.29) is 18.5 Å². The first-order valence-corrected chi connectivity index (χ1v) is 6.42. The second-order valence-corrected chi connectivity index (χ2v) is 4.05. The lowest BCUT2D eigenvalue weighted by Crippen LogP contribution is -2.14. The second-order valence-electron chi connectivity index (χ2n) is 4.05. The van der Waals surface area contributed by atoms with Crippen molar-refractivity contribution in [2.75, 3.05) is 13.2 Å². The predicted octanol–water partition coefficient (Wildman–Crippen LogP) is 1.54. The van der Waals surface area contributed by atoms with E-state index in [1.54, 1.807) is 13.0 Å². The number of carbonyl (C=O) groups excluding carboxylic acids is 2. The van der Waals surface area contributed by atoms with Gasteiger partial charge in [-0.05, 0) is 19.8 Å². The van der Waals surface area contributed by atoms with Crippen LogP contribution < -0.4 is 0 Å². The van der Waals surface area contributed by atoms with Gasteiger partial charge in [-0.25, -0.2) is 4.79 Å². The fourth-order valence-electron chi connectivity index (χ4n) is 1.66. The highest BCUT2D eigenvalue weighted by molar-refractivity contribution is 5.81. The summed E-state index contributed by atoms with van der Waals surface area (Å²) in [5, 5.41) is 0. The van der Waals surface area contributed by atoms with Gasteiger partial charge in [0.15, 0.2) is 0 Å². The molecule has 108 valence electrons. The van der Waals surface area contributed by atoms with Crippen LogP contribution in [0.15, 0.2) is 12.2 Å². The van der Waals surface area contributed by atoms with Gasteiger partial charge in [-0.2, -0.15) is 0 Å². The zero-order valence-electron chi connectivity index (χ0n) is 11.1. The van der Waals surface area contributed by atoms with E-state index in [1.165, 1.54) is 6.08 Å². The molecular weight excluding hydrogens is 252 g/mol. The minimum atomic E-state index is -0.320. The Labute approximate surface area is 112 Å². The van der Waals surface area contributed by atoms with Crippen molar-refractivity contribution in [1.82, 2.24) is 0 Å². The molecule has 2 saturated heterocycles. The summed E-state index contributed by atoms with van der Waals surface area (Å²) in [5.74, 6) is -0.320. The molecule has 2 rings (SSSR count). The lowest BCUT2D eigenvalue weighted by Gasteiger charge is -2.07. The summed E-state index contributed by atoms with van der Waals surface area (Å²) in [5.41, 5.74) is 0. The Balaban J connectivity index is 0.000000200. The van der Waals surface area contributed by atoms with Crippen LogP contribution in [-0.2, 0) is 28.5 Å². The molecule has 0 N–H and O–H groups in total. The molecule has 2 heterocycles. The molecule has 19 heavy (non-hydrogen) atoms. The maximum atomic E-state index is 10.8. The van der Waals surface area contributed by atoms with Crippen LogP contribution in [-0.4, -0.2) is 38.2 Å². The molecular formula is C13H20O6. The third-order valence-corrected chi connectivity index (χ3v) is 2.53. The van der Waals surface area contributed by atoms with E-state index < -0.39 is 0 Å². The number of hydrogen-bond donors (Lipinski definition) is 0. The lowest BCUT2D eigenvalue weighted by molar-refractivity contribution is -0.163. The summed E-state index contributed by atoms with van der Waals surface area (Å²) >= 11 is 0. The molecule has 6 nitrogen and oxygen atoms in total. The number of carbonyl (C=O) groups is 2. The van der Waals surface area contributed by atoms with Crippen LogP contribution >= 0.6 is 0 Å². The molecule has 2 atom stereocenters. The van der Waals surface area contributed by atoms with Gasteiger partial charge in [0.1, 0.15) is 0 Å². The second kappa shape index (κ2) is 9.52. The van der Waals surface area contributed by atoms with Crippen LogP contribution in [0, 0.1) is 0 Å². The van der Waals surface area contributed by atoms with Crippen molar-refractivity contribution in [3.63, 3.8) is 0 Å². The van der Waals surface area contributed by atoms with E-state index in [4.69, 9.17) is 14.2 Å². The molecule has 0 saturated carbocycles. The third kappa shape index (κ3) is 6.93. The number of hydrogen-bond acceptors (Lipinski definition) is 6. The van der Waals surface area contributed by atoms with Crippen LogP contribution in [0.4, 0.5) is 0 Å².